The Morgan fingerprint density at radius 2 is 1.87 bits per heavy atom. The fourth-order valence-electron chi connectivity index (χ4n) is 4.53. The minimum Gasteiger partial charge on any atom is -0.372 e. The zero-order valence-electron chi connectivity index (χ0n) is 16.3. The normalized spacial score (nSPS) is 21.5. The van der Waals surface area contributed by atoms with Crippen LogP contribution in [0, 0.1) is 5.82 Å². The fourth-order valence-corrected chi connectivity index (χ4v) is 4.53. The van der Waals surface area contributed by atoms with Crippen LogP contribution in [0.3, 0.4) is 0 Å². The van der Waals surface area contributed by atoms with Crippen LogP contribution in [0.1, 0.15) is 18.4 Å². The van der Waals surface area contributed by atoms with Crippen LogP contribution in [0.25, 0.3) is 28.0 Å². The standard InChI is InChI=1S/C22H21FN6O/c23-15-3-8-19-20(9-15)24-26-22(19)21-13-29(27-25-21)16-4-1-14(2-5-16)10-28-11-17-6-7-18(12-28)30-17/h1-5,8-9,13,17-18H,6-7,10-12H2,(H,24,26). The maximum atomic E-state index is 13.4. The van der Waals surface area contributed by atoms with Crippen LogP contribution in [0.5, 0.6) is 0 Å². The predicted octanol–water partition coefficient (Wildman–Crippen LogP) is 3.31. The summed E-state index contributed by atoms with van der Waals surface area (Å²) in [4.78, 5) is 2.49. The molecular weight excluding hydrogens is 383 g/mol. The molecule has 6 rings (SSSR count). The summed E-state index contributed by atoms with van der Waals surface area (Å²) in [5, 5.41) is 16.5. The number of H-pyrrole nitrogens is 1. The molecule has 2 aliphatic heterocycles. The van der Waals surface area contributed by atoms with Crippen molar-refractivity contribution in [2.75, 3.05) is 13.1 Å². The Kier molecular flexibility index (Phi) is 4.14. The molecule has 0 spiro atoms. The number of hydrogen-bond donors (Lipinski definition) is 1. The highest BCUT2D eigenvalue weighted by atomic mass is 19.1. The fraction of sp³-hybridized carbons (Fsp3) is 0.318. The van der Waals surface area contributed by atoms with E-state index in [1.807, 2.05) is 6.20 Å². The first kappa shape index (κ1) is 17.7. The Labute approximate surface area is 172 Å². The lowest BCUT2D eigenvalue weighted by atomic mass is 10.1. The molecule has 0 saturated carbocycles. The molecule has 2 atom stereocenters. The van der Waals surface area contributed by atoms with Crippen molar-refractivity contribution < 1.29 is 9.13 Å². The van der Waals surface area contributed by atoms with Crippen LogP contribution in [0.4, 0.5) is 4.39 Å². The molecule has 8 heteroatoms. The average Bonchev–Trinajstić information content (AvgIpc) is 3.47. The topological polar surface area (TPSA) is 71.9 Å². The van der Waals surface area contributed by atoms with E-state index in [0.717, 1.165) is 30.7 Å². The number of hydrogen-bond acceptors (Lipinski definition) is 5. The van der Waals surface area contributed by atoms with Gasteiger partial charge in [-0.3, -0.25) is 10.00 Å². The third-order valence-corrected chi connectivity index (χ3v) is 5.99. The zero-order chi connectivity index (χ0) is 20.1. The zero-order valence-corrected chi connectivity index (χ0v) is 16.3. The molecule has 2 aromatic carbocycles. The number of fused-ring (bicyclic) bond motifs is 3. The molecule has 2 aromatic heterocycles. The van der Waals surface area contributed by atoms with Gasteiger partial charge in [-0.15, -0.1) is 5.10 Å². The van der Waals surface area contributed by atoms with Gasteiger partial charge in [0.15, 0.2) is 0 Å². The molecule has 0 amide bonds. The van der Waals surface area contributed by atoms with Gasteiger partial charge in [0.05, 0.1) is 29.6 Å². The van der Waals surface area contributed by atoms with Crippen molar-refractivity contribution in [3.05, 3.63) is 60.0 Å². The van der Waals surface area contributed by atoms with Gasteiger partial charge in [-0.05, 0) is 48.7 Å². The van der Waals surface area contributed by atoms with Crippen LogP contribution < -0.4 is 0 Å². The maximum Gasteiger partial charge on any atom is 0.134 e. The molecule has 2 unspecified atom stereocenters. The van der Waals surface area contributed by atoms with Crippen LogP contribution in [0.2, 0.25) is 0 Å². The number of likely N-dealkylation sites (tertiary alicyclic amines) is 1. The van der Waals surface area contributed by atoms with Crippen molar-refractivity contribution in [2.45, 2.75) is 31.6 Å². The summed E-state index contributed by atoms with van der Waals surface area (Å²) >= 11 is 0. The second kappa shape index (κ2) is 7.00. The van der Waals surface area contributed by atoms with Crippen molar-refractivity contribution in [3.8, 4) is 17.1 Å². The molecule has 2 saturated heterocycles. The van der Waals surface area contributed by atoms with Crippen molar-refractivity contribution in [1.82, 2.24) is 30.1 Å². The molecule has 2 fully saturated rings. The predicted molar refractivity (Wildman–Crippen MR) is 110 cm³/mol. The van der Waals surface area contributed by atoms with E-state index >= 15 is 0 Å². The molecule has 4 heterocycles. The van der Waals surface area contributed by atoms with Crippen molar-refractivity contribution in [2.24, 2.45) is 0 Å². The molecule has 1 N–H and O–H groups in total. The van der Waals surface area contributed by atoms with E-state index in [2.05, 4.69) is 49.7 Å². The second-order valence-electron chi connectivity index (χ2n) is 8.13. The summed E-state index contributed by atoms with van der Waals surface area (Å²) in [6, 6.07) is 12.9. The molecule has 0 aliphatic carbocycles. The van der Waals surface area contributed by atoms with E-state index in [9.17, 15) is 4.39 Å². The van der Waals surface area contributed by atoms with Gasteiger partial charge >= 0.3 is 0 Å². The molecule has 152 valence electrons. The van der Waals surface area contributed by atoms with E-state index in [0.29, 0.717) is 29.1 Å². The minimum atomic E-state index is -0.300. The SMILES string of the molecule is Fc1ccc2c(-c3cn(-c4ccc(CN5CC6CCC(C5)O6)cc4)nn3)n[nH]c2c1. The molecule has 0 radical (unpaired) electrons. The van der Waals surface area contributed by atoms with Gasteiger partial charge in [-0.1, -0.05) is 17.3 Å². The Morgan fingerprint density at radius 3 is 2.67 bits per heavy atom. The highest BCUT2D eigenvalue weighted by molar-refractivity contribution is 5.91. The number of aromatic nitrogens is 5. The number of benzene rings is 2. The molecule has 7 nitrogen and oxygen atoms in total. The van der Waals surface area contributed by atoms with Crippen molar-refractivity contribution in [3.63, 3.8) is 0 Å². The van der Waals surface area contributed by atoms with Crippen molar-refractivity contribution in [1.29, 1.82) is 0 Å². The largest absolute Gasteiger partial charge is 0.372 e. The summed E-state index contributed by atoms with van der Waals surface area (Å²) < 4.78 is 21.1. The lowest BCUT2D eigenvalue weighted by Crippen LogP contribution is -2.41. The summed E-state index contributed by atoms with van der Waals surface area (Å²) in [6.45, 7) is 2.98. The number of morpholine rings is 1. The number of nitrogens with zero attached hydrogens (tertiary/aromatic N) is 5. The third kappa shape index (κ3) is 3.18. The Morgan fingerprint density at radius 1 is 1.07 bits per heavy atom. The molecule has 4 aromatic rings. The monoisotopic (exact) mass is 404 g/mol. The second-order valence-corrected chi connectivity index (χ2v) is 8.13. The van der Waals surface area contributed by atoms with Crippen LogP contribution in [0.15, 0.2) is 48.7 Å². The van der Waals surface area contributed by atoms with Gasteiger partial charge < -0.3 is 4.74 Å². The first-order valence-corrected chi connectivity index (χ1v) is 10.2. The molecular formula is C22H21FN6O. The Balaban J connectivity index is 1.20. The summed E-state index contributed by atoms with van der Waals surface area (Å²) in [7, 11) is 0. The first-order chi connectivity index (χ1) is 14.7. The van der Waals surface area contributed by atoms with Gasteiger partial charge in [-0.25, -0.2) is 9.07 Å². The quantitative estimate of drug-likeness (QED) is 0.565. The van der Waals surface area contributed by atoms with E-state index in [1.54, 1.807) is 10.7 Å². The lowest BCUT2D eigenvalue weighted by Gasteiger charge is -2.32. The van der Waals surface area contributed by atoms with E-state index in [4.69, 9.17) is 4.74 Å². The van der Waals surface area contributed by atoms with E-state index < -0.39 is 0 Å². The smallest absolute Gasteiger partial charge is 0.134 e. The van der Waals surface area contributed by atoms with Crippen LogP contribution >= 0.6 is 0 Å². The van der Waals surface area contributed by atoms with E-state index in [1.165, 1.54) is 30.5 Å². The minimum absolute atomic E-state index is 0.300. The summed E-state index contributed by atoms with van der Waals surface area (Å²) in [5.74, 6) is -0.300. The highest BCUT2D eigenvalue weighted by Gasteiger charge is 2.33. The first-order valence-electron chi connectivity index (χ1n) is 10.2. The Hall–Kier alpha value is -3.10. The number of ether oxygens (including phenoxy) is 1. The third-order valence-electron chi connectivity index (χ3n) is 5.99. The highest BCUT2D eigenvalue weighted by Crippen LogP contribution is 2.28. The summed E-state index contributed by atoms with van der Waals surface area (Å²) in [5.41, 5.74) is 4.15. The molecule has 2 aliphatic rings. The Bertz CT molecular complexity index is 1190. The molecule has 30 heavy (non-hydrogen) atoms. The number of aromatic amines is 1. The lowest BCUT2D eigenvalue weighted by molar-refractivity contribution is -0.0410. The van der Waals surface area contributed by atoms with Crippen LogP contribution in [-0.4, -0.2) is 55.4 Å². The number of rotatable bonds is 4. The van der Waals surface area contributed by atoms with Gasteiger partial charge in [0.2, 0.25) is 0 Å². The van der Waals surface area contributed by atoms with Gasteiger partial charge in [0, 0.05) is 25.0 Å². The van der Waals surface area contributed by atoms with Crippen molar-refractivity contribution >= 4 is 10.9 Å². The van der Waals surface area contributed by atoms with Gasteiger partial charge in [-0.2, -0.15) is 5.10 Å². The van der Waals surface area contributed by atoms with Gasteiger partial charge in [0.25, 0.3) is 0 Å². The maximum absolute atomic E-state index is 13.4. The molecule has 2 bridgehead atoms. The summed E-state index contributed by atoms with van der Waals surface area (Å²) in [6.07, 6.45) is 5.04. The van der Waals surface area contributed by atoms with Gasteiger partial charge in [0.1, 0.15) is 17.2 Å². The van der Waals surface area contributed by atoms with E-state index in [-0.39, 0.29) is 5.82 Å². The number of nitrogens with one attached hydrogen (secondary N) is 1. The average molecular weight is 404 g/mol. The number of halogens is 1. The van der Waals surface area contributed by atoms with Crippen LogP contribution in [-0.2, 0) is 11.3 Å².